The maximum absolute atomic E-state index is 13.7. The van der Waals surface area contributed by atoms with Crippen LogP contribution in [-0.2, 0) is 6.54 Å². The SMILES string of the molecule is CN=C(NCc1cc(F)ccc1F)NCC(C)CN1CCN(C)CC1. The molecule has 1 saturated heterocycles. The van der Waals surface area contributed by atoms with Gasteiger partial charge in [-0.15, -0.1) is 0 Å². The summed E-state index contributed by atoms with van der Waals surface area (Å²) in [6, 6.07) is 3.46. The highest BCUT2D eigenvalue weighted by atomic mass is 19.1. The lowest BCUT2D eigenvalue weighted by atomic mass is 10.1. The van der Waals surface area contributed by atoms with E-state index in [0.717, 1.165) is 51.4 Å². The van der Waals surface area contributed by atoms with E-state index in [0.29, 0.717) is 11.9 Å². The van der Waals surface area contributed by atoms with Crippen LogP contribution in [0.2, 0.25) is 0 Å². The highest BCUT2D eigenvalue weighted by Crippen LogP contribution is 2.09. The second kappa shape index (κ2) is 9.68. The Kier molecular flexibility index (Phi) is 7.58. The average Bonchev–Trinajstić information content (AvgIpc) is 2.60. The molecule has 1 fully saturated rings. The van der Waals surface area contributed by atoms with Crippen LogP contribution in [0.15, 0.2) is 23.2 Å². The standard InChI is InChI=1S/C18H29F2N5/c1-14(13-25-8-6-24(3)7-9-25)11-22-18(21-2)23-12-15-10-16(19)4-5-17(15)20/h4-5,10,14H,6-9,11-13H2,1-3H3,(H2,21,22,23). The smallest absolute Gasteiger partial charge is 0.191 e. The molecular weight excluding hydrogens is 324 g/mol. The molecule has 1 heterocycles. The first-order valence-electron chi connectivity index (χ1n) is 8.77. The fourth-order valence-corrected chi connectivity index (χ4v) is 2.89. The monoisotopic (exact) mass is 353 g/mol. The van der Waals surface area contributed by atoms with Gasteiger partial charge in [0.25, 0.3) is 0 Å². The van der Waals surface area contributed by atoms with Gasteiger partial charge < -0.3 is 20.4 Å². The molecule has 5 nitrogen and oxygen atoms in total. The Morgan fingerprint density at radius 1 is 1.20 bits per heavy atom. The normalized spacial score (nSPS) is 18.2. The molecule has 0 saturated carbocycles. The molecule has 25 heavy (non-hydrogen) atoms. The first-order valence-corrected chi connectivity index (χ1v) is 8.77. The number of nitrogens with zero attached hydrogens (tertiary/aromatic N) is 3. The minimum atomic E-state index is -0.443. The number of likely N-dealkylation sites (N-methyl/N-ethyl adjacent to an activating group) is 1. The van der Waals surface area contributed by atoms with Crippen molar-refractivity contribution in [3.8, 4) is 0 Å². The van der Waals surface area contributed by atoms with Crippen molar-refractivity contribution in [3.05, 3.63) is 35.4 Å². The molecule has 0 bridgehead atoms. The highest BCUT2D eigenvalue weighted by Gasteiger charge is 2.16. The van der Waals surface area contributed by atoms with E-state index >= 15 is 0 Å². The molecule has 1 aliphatic rings. The summed E-state index contributed by atoms with van der Waals surface area (Å²) in [6.45, 7) is 8.64. The van der Waals surface area contributed by atoms with Gasteiger partial charge in [0.1, 0.15) is 11.6 Å². The topological polar surface area (TPSA) is 42.9 Å². The molecule has 0 aliphatic carbocycles. The predicted octanol–water partition coefficient (Wildman–Crippen LogP) is 1.51. The van der Waals surface area contributed by atoms with Crippen molar-refractivity contribution in [3.63, 3.8) is 0 Å². The third-order valence-electron chi connectivity index (χ3n) is 4.46. The van der Waals surface area contributed by atoms with Crippen LogP contribution in [0.4, 0.5) is 8.78 Å². The van der Waals surface area contributed by atoms with Crippen molar-refractivity contribution in [2.75, 3.05) is 53.4 Å². The zero-order chi connectivity index (χ0) is 18.2. The quantitative estimate of drug-likeness (QED) is 0.601. The number of guanidine groups is 1. The lowest BCUT2D eigenvalue weighted by molar-refractivity contribution is 0.139. The van der Waals surface area contributed by atoms with Crippen LogP contribution in [-0.4, -0.2) is 69.1 Å². The van der Waals surface area contributed by atoms with Crippen molar-refractivity contribution in [2.45, 2.75) is 13.5 Å². The summed E-state index contributed by atoms with van der Waals surface area (Å²) in [5, 5.41) is 6.29. The Labute approximate surface area is 149 Å². The number of nitrogens with one attached hydrogen (secondary N) is 2. The third-order valence-corrected chi connectivity index (χ3v) is 4.46. The molecule has 0 aromatic heterocycles. The average molecular weight is 353 g/mol. The second-order valence-corrected chi connectivity index (χ2v) is 6.75. The molecule has 0 radical (unpaired) electrons. The fourth-order valence-electron chi connectivity index (χ4n) is 2.89. The van der Waals surface area contributed by atoms with E-state index in [2.05, 4.69) is 39.4 Å². The molecule has 1 aromatic carbocycles. The van der Waals surface area contributed by atoms with Crippen molar-refractivity contribution in [1.82, 2.24) is 20.4 Å². The summed E-state index contributed by atoms with van der Waals surface area (Å²) in [5.41, 5.74) is 0.286. The third kappa shape index (κ3) is 6.59. The van der Waals surface area contributed by atoms with E-state index in [1.807, 2.05) is 0 Å². The number of aliphatic imine (C=N–C) groups is 1. The summed E-state index contributed by atoms with van der Waals surface area (Å²) < 4.78 is 26.9. The number of benzene rings is 1. The van der Waals surface area contributed by atoms with Gasteiger partial charge in [-0.1, -0.05) is 6.92 Å². The molecule has 1 aromatic rings. The van der Waals surface area contributed by atoms with E-state index in [4.69, 9.17) is 0 Å². The number of piperazine rings is 1. The summed E-state index contributed by atoms with van der Waals surface area (Å²) in [7, 11) is 3.82. The lowest BCUT2D eigenvalue weighted by Gasteiger charge is -2.34. The van der Waals surface area contributed by atoms with Gasteiger partial charge >= 0.3 is 0 Å². The molecule has 0 spiro atoms. The number of rotatable bonds is 6. The minimum Gasteiger partial charge on any atom is -0.356 e. The van der Waals surface area contributed by atoms with Gasteiger partial charge in [-0.05, 0) is 31.2 Å². The van der Waals surface area contributed by atoms with E-state index in [9.17, 15) is 8.78 Å². The van der Waals surface area contributed by atoms with Crippen molar-refractivity contribution in [2.24, 2.45) is 10.9 Å². The van der Waals surface area contributed by atoms with E-state index in [1.54, 1.807) is 7.05 Å². The summed E-state index contributed by atoms with van der Waals surface area (Å²) in [5.74, 6) is 0.191. The molecule has 7 heteroatoms. The van der Waals surface area contributed by atoms with Gasteiger partial charge in [0.2, 0.25) is 0 Å². The second-order valence-electron chi connectivity index (χ2n) is 6.75. The van der Waals surface area contributed by atoms with Crippen LogP contribution in [0.25, 0.3) is 0 Å². The number of hydrogen-bond acceptors (Lipinski definition) is 3. The van der Waals surface area contributed by atoms with Gasteiger partial charge in [-0.25, -0.2) is 8.78 Å². The maximum atomic E-state index is 13.7. The Morgan fingerprint density at radius 2 is 1.92 bits per heavy atom. The Balaban J connectivity index is 1.73. The van der Waals surface area contributed by atoms with Gasteiger partial charge in [0.15, 0.2) is 5.96 Å². The Morgan fingerprint density at radius 3 is 2.60 bits per heavy atom. The largest absolute Gasteiger partial charge is 0.356 e. The predicted molar refractivity (Wildman–Crippen MR) is 97.7 cm³/mol. The van der Waals surface area contributed by atoms with E-state index in [1.165, 1.54) is 6.07 Å². The first kappa shape index (κ1) is 19.6. The van der Waals surface area contributed by atoms with Crippen molar-refractivity contribution >= 4 is 5.96 Å². The molecule has 2 N–H and O–H groups in total. The van der Waals surface area contributed by atoms with Gasteiger partial charge in [0.05, 0.1) is 0 Å². The lowest BCUT2D eigenvalue weighted by Crippen LogP contribution is -2.47. The molecule has 1 aliphatic heterocycles. The molecule has 1 atom stereocenters. The minimum absolute atomic E-state index is 0.191. The Bertz CT molecular complexity index is 571. The van der Waals surface area contributed by atoms with Crippen molar-refractivity contribution < 1.29 is 8.78 Å². The first-order chi connectivity index (χ1) is 12.0. The fraction of sp³-hybridized carbons (Fsp3) is 0.611. The number of hydrogen-bond donors (Lipinski definition) is 2. The van der Waals surface area contributed by atoms with Gasteiger partial charge in [-0.2, -0.15) is 0 Å². The van der Waals surface area contributed by atoms with Crippen LogP contribution in [0.1, 0.15) is 12.5 Å². The van der Waals surface area contributed by atoms with Gasteiger partial charge in [0, 0.05) is 58.4 Å². The number of halogens is 2. The zero-order valence-electron chi connectivity index (χ0n) is 15.4. The molecule has 2 rings (SSSR count). The Hall–Kier alpha value is -1.73. The molecule has 140 valence electrons. The molecular formula is C18H29F2N5. The van der Waals surface area contributed by atoms with Crippen LogP contribution < -0.4 is 10.6 Å². The van der Waals surface area contributed by atoms with Crippen LogP contribution in [0.5, 0.6) is 0 Å². The summed E-state index contributed by atoms with van der Waals surface area (Å²) in [6.07, 6.45) is 0. The van der Waals surface area contributed by atoms with Crippen LogP contribution in [0.3, 0.4) is 0 Å². The zero-order valence-corrected chi connectivity index (χ0v) is 15.4. The van der Waals surface area contributed by atoms with Crippen LogP contribution >= 0.6 is 0 Å². The van der Waals surface area contributed by atoms with E-state index in [-0.39, 0.29) is 12.1 Å². The van der Waals surface area contributed by atoms with Crippen molar-refractivity contribution in [1.29, 1.82) is 0 Å². The van der Waals surface area contributed by atoms with Gasteiger partial charge in [-0.3, -0.25) is 4.99 Å². The van der Waals surface area contributed by atoms with Crippen LogP contribution in [0, 0.1) is 17.6 Å². The molecule has 1 unspecified atom stereocenters. The summed E-state index contributed by atoms with van der Waals surface area (Å²) in [4.78, 5) is 8.96. The van der Waals surface area contributed by atoms with E-state index < -0.39 is 11.6 Å². The summed E-state index contributed by atoms with van der Waals surface area (Å²) >= 11 is 0. The highest BCUT2D eigenvalue weighted by molar-refractivity contribution is 5.79. The maximum Gasteiger partial charge on any atom is 0.191 e. The molecule has 0 amide bonds.